The van der Waals surface area contributed by atoms with E-state index < -0.39 is 40.1 Å². The maximum Gasteiger partial charge on any atom is 0.325 e. The maximum atomic E-state index is 14.5. The van der Waals surface area contributed by atoms with Crippen LogP contribution in [0.5, 0.6) is 0 Å². The van der Waals surface area contributed by atoms with Crippen molar-refractivity contribution >= 4 is 43.5 Å². The standard InChI is InChI=1S/C22H21F2N3O5S2/c1-32-19(28)13-27-20-17(24)11-15(23)12-18(20)33-22(27)25-21(29)14-5-7-16(8-6-14)34(30,31)26-9-3-2-4-10-26/h5-8,11-12H,2-4,9-10,13H2,1H3. The molecule has 0 spiro atoms. The molecule has 0 saturated carbocycles. The van der Waals surface area contributed by atoms with Crippen molar-refractivity contribution in [3.05, 3.63) is 58.4 Å². The van der Waals surface area contributed by atoms with Gasteiger partial charge < -0.3 is 9.30 Å². The topological polar surface area (TPSA) is 98.0 Å². The van der Waals surface area contributed by atoms with Crippen molar-refractivity contribution in [3.63, 3.8) is 0 Å². The van der Waals surface area contributed by atoms with E-state index in [9.17, 15) is 26.8 Å². The van der Waals surface area contributed by atoms with Gasteiger partial charge in [0.05, 0.1) is 22.2 Å². The predicted molar refractivity (Wildman–Crippen MR) is 121 cm³/mol. The first-order chi connectivity index (χ1) is 16.2. The van der Waals surface area contributed by atoms with Gasteiger partial charge in [-0.25, -0.2) is 17.2 Å². The average molecular weight is 510 g/mol. The largest absolute Gasteiger partial charge is 0.468 e. The van der Waals surface area contributed by atoms with Crippen molar-refractivity contribution in [1.29, 1.82) is 0 Å². The normalized spacial score (nSPS) is 15.6. The van der Waals surface area contributed by atoms with Crippen LogP contribution in [-0.2, 0) is 26.1 Å². The van der Waals surface area contributed by atoms with Gasteiger partial charge in [0.2, 0.25) is 10.0 Å². The third-order valence-electron chi connectivity index (χ3n) is 5.46. The number of nitrogens with zero attached hydrogens (tertiary/aromatic N) is 3. The first-order valence-corrected chi connectivity index (χ1v) is 12.7. The second kappa shape index (κ2) is 9.72. The monoisotopic (exact) mass is 509 g/mol. The van der Waals surface area contributed by atoms with Crippen LogP contribution in [-0.4, -0.2) is 49.4 Å². The van der Waals surface area contributed by atoms with E-state index in [-0.39, 0.29) is 25.5 Å². The van der Waals surface area contributed by atoms with Crippen LogP contribution >= 0.6 is 11.3 Å². The molecule has 0 radical (unpaired) electrons. The molecule has 1 aromatic heterocycles. The molecule has 8 nitrogen and oxygen atoms in total. The number of carbonyl (C=O) groups is 2. The number of halogens is 2. The number of fused-ring (bicyclic) bond motifs is 1. The van der Waals surface area contributed by atoms with Crippen LogP contribution in [0, 0.1) is 11.6 Å². The first kappa shape index (κ1) is 24.2. The number of ether oxygens (including phenoxy) is 1. The summed E-state index contributed by atoms with van der Waals surface area (Å²) in [6, 6.07) is 7.14. The lowest BCUT2D eigenvalue weighted by atomic mass is 10.2. The number of esters is 1. The Morgan fingerprint density at radius 2 is 1.76 bits per heavy atom. The minimum atomic E-state index is -3.65. The number of hydrogen-bond acceptors (Lipinski definition) is 6. The molecule has 1 saturated heterocycles. The summed E-state index contributed by atoms with van der Waals surface area (Å²) in [7, 11) is -2.49. The summed E-state index contributed by atoms with van der Waals surface area (Å²) < 4.78 is 61.1. The van der Waals surface area contributed by atoms with Crippen LogP contribution in [0.15, 0.2) is 46.3 Å². The van der Waals surface area contributed by atoms with Gasteiger partial charge in [0.15, 0.2) is 10.6 Å². The molecule has 0 N–H and O–H groups in total. The van der Waals surface area contributed by atoms with Crippen LogP contribution in [0.3, 0.4) is 0 Å². The number of carbonyl (C=O) groups excluding carboxylic acids is 2. The van der Waals surface area contributed by atoms with Crippen molar-refractivity contribution < 1.29 is 31.5 Å². The molecule has 2 heterocycles. The molecule has 12 heteroatoms. The number of hydrogen-bond donors (Lipinski definition) is 0. The minimum absolute atomic E-state index is 0.0279. The van der Waals surface area contributed by atoms with Crippen LogP contribution in [0.1, 0.15) is 29.6 Å². The van der Waals surface area contributed by atoms with Gasteiger partial charge >= 0.3 is 5.97 Å². The molecule has 4 rings (SSSR count). The van der Waals surface area contributed by atoms with Crippen molar-refractivity contribution in [2.24, 2.45) is 4.99 Å². The van der Waals surface area contributed by atoms with Crippen molar-refractivity contribution in [2.75, 3.05) is 20.2 Å². The van der Waals surface area contributed by atoms with Crippen molar-refractivity contribution in [1.82, 2.24) is 8.87 Å². The van der Waals surface area contributed by atoms with E-state index in [1.54, 1.807) is 0 Å². The molecule has 1 aliphatic heterocycles. The van der Waals surface area contributed by atoms with Gasteiger partial charge in [-0.15, -0.1) is 0 Å². The highest BCUT2D eigenvalue weighted by Gasteiger charge is 2.26. The Labute approximate surface area is 198 Å². The third kappa shape index (κ3) is 4.79. The zero-order chi connectivity index (χ0) is 24.5. The Balaban J connectivity index is 1.70. The Kier molecular flexibility index (Phi) is 6.91. The number of rotatable bonds is 5. The Bertz CT molecular complexity index is 1420. The lowest BCUT2D eigenvalue weighted by Gasteiger charge is -2.25. The highest BCUT2D eigenvalue weighted by Crippen LogP contribution is 2.23. The minimum Gasteiger partial charge on any atom is -0.468 e. The molecule has 1 aliphatic rings. The number of aromatic nitrogens is 1. The molecule has 0 bridgehead atoms. The molecule has 180 valence electrons. The molecule has 1 fully saturated rings. The Hall–Kier alpha value is -2.96. The molecule has 3 aromatic rings. The second-order valence-corrected chi connectivity index (χ2v) is 10.6. The zero-order valence-corrected chi connectivity index (χ0v) is 19.8. The first-order valence-electron chi connectivity index (χ1n) is 10.4. The molecule has 2 aromatic carbocycles. The summed E-state index contributed by atoms with van der Waals surface area (Å²) in [4.78, 5) is 28.7. The summed E-state index contributed by atoms with van der Waals surface area (Å²) in [6.45, 7) is 0.488. The van der Waals surface area contributed by atoms with Gasteiger partial charge in [-0.2, -0.15) is 9.30 Å². The highest BCUT2D eigenvalue weighted by atomic mass is 32.2. The third-order valence-corrected chi connectivity index (χ3v) is 8.40. The van der Waals surface area contributed by atoms with E-state index in [1.165, 1.54) is 28.6 Å². The van der Waals surface area contributed by atoms with Gasteiger partial charge in [0, 0.05) is 24.7 Å². The molecule has 1 amide bonds. The molecule has 0 atom stereocenters. The lowest BCUT2D eigenvalue weighted by molar-refractivity contribution is -0.141. The summed E-state index contributed by atoms with van der Waals surface area (Å²) >= 11 is 0.839. The molecular formula is C22H21F2N3O5S2. The molecule has 0 unspecified atom stereocenters. The van der Waals surface area contributed by atoms with Crippen molar-refractivity contribution in [3.8, 4) is 0 Å². The Morgan fingerprint density at radius 3 is 2.41 bits per heavy atom. The number of thiazole rings is 1. The highest BCUT2D eigenvalue weighted by molar-refractivity contribution is 7.89. The summed E-state index contributed by atoms with van der Waals surface area (Å²) in [6.07, 6.45) is 2.60. The van der Waals surface area contributed by atoms with Gasteiger partial charge in [-0.05, 0) is 43.2 Å². The molecule has 0 aliphatic carbocycles. The van der Waals surface area contributed by atoms with Crippen LogP contribution < -0.4 is 4.80 Å². The van der Waals surface area contributed by atoms with E-state index >= 15 is 0 Å². The van der Waals surface area contributed by atoms with Crippen molar-refractivity contribution in [2.45, 2.75) is 30.7 Å². The second-order valence-electron chi connectivity index (χ2n) is 7.69. The number of amides is 1. The predicted octanol–water partition coefficient (Wildman–Crippen LogP) is 3.07. The van der Waals surface area contributed by atoms with Gasteiger partial charge in [-0.1, -0.05) is 17.8 Å². The number of methoxy groups -OCH3 is 1. The van der Waals surface area contributed by atoms with E-state index in [1.807, 2.05) is 0 Å². The van der Waals surface area contributed by atoms with Gasteiger partial charge in [-0.3, -0.25) is 9.59 Å². The summed E-state index contributed by atoms with van der Waals surface area (Å²) in [5, 5.41) is 0. The van der Waals surface area contributed by atoms with E-state index in [2.05, 4.69) is 9.73 Å². The van der Waals surface area contributed by atoms with Crippen LogP contribution in [0.2, 0.25) is 0 Å². The molecular weight excluding hydrogens is 488 g/mol. The Morgan fingerprint density at radius 1 is 1.09 bits per heavy atom. The lowest BCUT2D eigenvalue weighted by Crippen LogP contribution is -2.35. The smallest absolute Gasteiger partial charge is 0.325 e. The van der Waals surface area contributed by atoms with Gasteiger partial charge in [0.25, 0.3) is 5.91 Å². The van der Waals surface area contributed by atoms with E-state index in [0.29, 0.717) is 19.2 Å². The fourth-order valence-corrected chi connectivity index (χ4v) is 6.31. The van der Waals surface area contributed by atoms with E-state index in [4.69, 9.17) is 0 Å². The number of piperidine rings is 1. The number of benzene rings is 2. The number of sulfonamides is 1. The zero-order valence-electron chi connectivity index (χ0n) is 18.2. The van der Waals surface area contributed by atoms with Crippen LogP contribution in [0.4, 0.5) is 8.78 Å². The molecule has 34 heavy (non-hydrogen) atoms. The SMILES string of the molecule is COC(=O)Cn1c(=NC(=O)c2ccc(S(=O)(=O)N3CCCCC3)cc2)sc2cc(F)cc(F)c21. The quantitative estimate of drug-likeness (QED) is 0.493. The average Bonchev–Trinajstić information content (AvgIpc) is 3.16. The van der Waals surface area contributed by atoms with Gasteiger partial charge in [0.1, 0.15) is 12.4 Å². The van der Waals surface area contributed by atoms with E-state index in [0.717, 1.165) is 48.3 Å². The fraction of sp³-hybridized carbons (Fsp3) is 0.318. The van der Waals surface area contributed by atoms with Crippen LogP contribution in [0.25, 0.3) is 10.2 Å². The summed E-state index contributed by atoms with van der Waals surface area (Å²) in [5.41, 5.74) is 0.0256. The summed E-state index contributed by atoms with van der Waals surface area (Å²) in [5.74, 6) is -3.14. The fourth-order valence-electron chi connectivity index (χ4n) is 3.73. The maximum absolute atomic E-state index is 14.5.